The van der Waals surface area contributed by atoms with Gasteiger partial charge in [0, 0.05) is 0 Å². The van der Waals surface area contributed by atoms with Crippen molar-refractivity contribution in [2.24, 2.45) is 0 Å². The van der Waals surface area contributed by atoms with E-state index in [9.17, 15) is 20.0 Å². The molecule has 0 spiro atoms. The molecule has 0 aliphatic rings. The van der Waals surface area contributed by atoms with E-state index in [-0.39, 0.29) is 26.7 Å². The van der Waals surface area contributed by atoms with Crippen molar-refractivity contribution < 1.29 is 24.2 Å². The number of nitriles is 1. The Morgan fingerprint density at radius 3 is 2.66 bits per heavy atom. The van der Waals surface area contributed by atoms with E-state index in [0.29, 0.717) is 23.7 Å². The van der Waals surface area contributed by atoms with Gasteiger partial charge in [0.1, 0.15) is 39.1 Å². The summed E-state index contributed by atoms with van der Waals surface area (Å²) < 4.78 is 10.4. The molecule has 1 aromatic carbocycles. The standard InChI is InChI=1S/C19H21N3O5S2/c1-26-10-4-5-14(27-2)11(8-10)16(23)17-15(21)12(9-20)18(29-17)22-13(19(24)25)6-7-28-3/h4-5,8,13,22H,6-7,21H2,1-3H3,(H,24,25). The number of carbonyl (C=O) groups excluding carboxylic acids is 1. The Balaban J connectivity index is 2.47. The molecule has 2 rings (SSSR count). The highest BCUT2D eigenvalue weighted by molar-refractivity contribution is 7.98. The average molecular weight is 436 g/mol. The van der Waals surface area contributed by atoms with E-state index < -0.39 is 17.8 Å². The molecule has 0 saturated heterocycles. The summed E-state index contributed by atoms with van der Waals surface area (Å²) in [5, 5.41) is 22.0. The molecule has 0 fully saturated rings. The van der Waals surface area contributed by atoms with Crippen LogP contribution in [0.25, 0.3) is 0 Å². The van der Waals surface area contributed by atoms with Gasteiger partial charge in [-0.15, -0.1) is 11.3 Å². The van der Waals surface area contributed by atoms with Gasteiger partial charge in [-0.05, 0) is 36.6 Å². The minimum absolute atomic E-state index is 0.00359. The molecule has 0 aliphatic carbocycles. The summed E-state index contributed by atoms with van der Waals surface area (Å²) in [5.74, 6) is -0.0633. The number of hydrogen-bond donors (Lipinski definition) is 3. The van der Waals surface area contributed by atoms with Gasteiger partial charge in [0.15, 0.2) is 0 Å². The normalized spacial score (nSPS) is 11.4. The zero-order valence-corrected chi connectivity index (χ0v) is 17.8. The van der Waals surface area contributed by atoms with Gasteiger partial charge in [-0.1, -0.05) is 0 Å². The van der Waals surface area contributed by atoms with Gasteiger partial charge in [-0.25, -0.2) is 4.79 Å². The number of nitrogen functional groups attached to an aromatic ring is 1. The van der Waals surface area contributed by atoms with Gasteiger partial charge in [0.2, 0.25) is 5.78 Å². The molecular weight excluding hydrogens is 414 g/mol. The highest BCUT2D eigenvalue weighted by Crippen LogP contribution is 2.39. The molecule has 154 valence electrons. The molecule has 0 bridgehead atoms. The molecule has 1 aromatic heterocycles. The molecule has 29 heavy (non-hydrogen) atoms. The van der Waals surface area contributed by atoms with Crippen LogP contribution in [0.15, 0.2) is 18.2 Å². The number of nitrogens with zero attached hydrogens (tertiary/aromatic N) is 1. The highest BCUT2D eigenvalue weighted by Gasteiger charge is 2.27. The van der Waals surface area contributed by atoms with Gasteiger partial charge in [-0.3, -0.25) is 4.79 Å². The molecule has 1 unspecified atom stereocenters. The smallest absolute Gasteiger partial charge is 0.326 e. The lowest BCUT2D eigenvalue weighted by Gasteiger charge is -2.13. The van der Waals surface area contributed by atoms with Crippen LogP contribution in [-0.4, -0.2) is 49.1 Å². The van der Waals surface area contributed by atoms with Crippen molar-refractivity contribution in [1.82, 2.24) is 0 Å². The fourth-order valence-corrected chi connectivity index (χ4v) is 4.14. The van der Waals surface area contributed by atoms with Crippen LogP contribution in [0.1, 0.15) is 27.2 Å². The lowest BCUT2D eigenvalue weighted by atomic mass is 10.1. The van der Waals surface area contributed by atoms with Crippen LogP contribution in [0.5, 0.6) is 11.5 Å². The maximum absolute atomic E-state index is 13.1. The number of benzene rings is 1. The predicted octanol–water partition coefficient (Wildman–Crippen LogP) is 3.07. The maximum atomic E-state index is 13.1. The zero-order chi connectivity index (χ0) is 21.6. The molecule has 0 saturated carbocycles. The summed E-state index contributed by atoms with van der Waals surface area (Å²) in [4.78, 5) is 24.8. The number of ketones is 1. The van der Waals surface area contributed by atoms with Crippen molar-refractivity contribution in [2.75, 3.05) is 37.3 Å². The number of nitrogens with one attached hydrogen (secondary N) is 1. The summed E-state index contributed by atoms with van der Waals surface area (Å²) in [5.41, 5.74) is 6.36. The molecular formula is C19H21N3O5S2. The van der Waals surface area contributed by atoms with E-state index >= 15 is 0 Å². The summed E-state index contributed by atoms with van der Waals surface area (Å²) in [7, 11) is 2.92. The van der Waals surface area contributed by atoms with E-state index in [0.717, 1.165) is 11.3 Å². The first-order valence-electron chi connectivity index (χ1n) is 8.45. The summed E-state index contributed by atoms with van der Waals surface area (Å²) >= 11 is 2.47. The van der Waals surface area contributed by atoms with Crippen molar-refractivity contribution >= 4 is 45.5 Å². The third-order valence-corrected chi connectivity index (χ3v) is 5.91. The maximum Gasteiger partial charge on any atom is 0.326 e. The first-order chi connectivity index (χ1) is 13.9. The Kier molecular flexibility index (Phi) is 7.75. The van der Waals surface area contributed by atoms with Crippen molar-refractivity contribution in [3.05, 3.63) is 34.2 Å². The SMILES string of the molecule is COc1ccc(OC)c(C(=O)c2sc(NC(CCSC)C(=O)O)c(C#N)c2N)c1. The quantitative estimate of drug-likeness (QED) is 0.481. The third-order valence-electron chi connectivity index (χ3n) is 4.13. The largest absolute Gasteiger partial charge is 0.497 e. The number of anilines is 2. The molecule has 10 heteroatoms. The van der Waals surface area contributed by atoms with Crippen LogP contribution in [0.3, 0.4) is 0 Å². The molecule has 0 radical (unpaired) electrons. The van der Waals surface area contributed by atoms with Crippen LogP contribution in [0.2, 0.25) is 0 Å². The number of thiophene rings is 1. The Bertz CT molecular complexity index is 952. The number of carboxylic acid groups (broad SMARTS) is 1. The van der Waals surface area contributed by atoms with E-state index in [4.69, 9.17) is 15.2 Å². The van der Waals surface area contributed by atoms with E-state index in [1.807, 2.05) is 12.3 Å². The first-order valence-corrected chi connectivity index (χ1v) is 10.7. The van der Waals surface area contributed by atoms with E-state index in [1.165, 1.54) is 32.0 Å². The second-order valence-electron chi connectivity index (χ2n) is 5.87. The van der Waals surface area contributed by atoms with Crippen molar-refractivity contribution in [1.29, 1.82) is 5.26 Å². The number of ether oxygens (including phenoxy) is 2. The molecule has 0 amide bonds. The van der Waals surface area contributed by atoms with Crippen LogP contribution >= 0.6 is 23.1 Å². The van der Waals surface area contributed by atoms with Gasteiger partial charge in [-0.2, -0.15) is 17.0 Å². The number of aliphatic carboxylic acids is 1. The molecule has 4 N–H and O–H groups in total. The van der Waals surface area contributed by atoms with Crippen LogP contribution in [-0.2, 0) is 4.79 Å². The fourth-order valence-electron chi connectivity index (χ4n) is 2.59. The van der Waals surface area contributed by atoms with E-state index in [2.05, 4.69) is 5.32 Å². The number of carboxylic acids is 1. The first kappa shape index (κ1) is 22.4. The number of rotatable bonds is 10. The van der Waals surface area contributed by atoms with Gasteiger partial charge < -0.3 is 25.6 Å². The minimum atomic E-state index is -1.04. The topological polar surface area (TPSA) is 135 Å². The monoisotopic (exact) mass is 435 g/mol. The van der Waals surface area contributed by atoms with Crippen molar-refractivity contribution in [3.63, 3.8) is 0 Å². The Morgan fingerprint density at radius 2 is 2.10 bits per heavy atom. The van der Waals surface area contributed by atoms with E-state index in [1.54, 1.807) is 12.1 Å². The third kappa shape index (κ3) is 4.93. The highest BCUT2D eigenvalue weighted by atomic mass is 32.2. The zero-order valence-electron chi connectivity index (χ0n) is 16.1. The number of nitrogens with two attached hydrogens (primary N) is 1. The van der Waals surface area contributed by atoms with Crippen molar-refractivity contribution in [2.45, 2.75) is 12.5 Å². The molecule has 1 heterocycles. The van der Waals surface area contributed by atoms with Crippen LogP contribution in [0.4, 0.5) is 10.7 Å². The number of thioether (sulfide) groups is 1. The number of methoxy groups -OCH3 is 2. The molecule has 1 atom stereocenters. The lowest BCUT2D eigenvalue weighted by molar-refractivity contribution is -0.137. The second-order valence-corrected chi connectivity index (χ2v) is 7.88. The average Bonchev–Trinajstić information content (AvgIpc) is 3.04. The number of hydrogen-bond acceptors (Lipinski definition) is 9. The molecule has 2 aromatic rings. The van der Waals surface area contributed by atoms with Crippen LogP contribution in [0, 0.1) is 11.3 Å². The lowest BCUT2D eigenvalue weighted by Crippen LogP contribution is -2.29. The molecule has 8 nitrogen and oxygen atoms in total. The minimum Gasteiger partial charge on any atom is -0.497 e. The summed E-state index contributed by atoms with van der Waals surface area (Å²) in [6.07, 6.45) is 2.23. The van der Waals surface area contributed by atoms with Crippen molar-refractivity contribution in [3.8, 4) is 17.6 Å². The Hall–Kier alpha value is -2.90. The summed E-state index contributed by atoms with van der Waals surface area (Å²) in [6, 6.07) is 5.84. The Labute approximate surface area is 176 Å². The summed E-state index contributed by atoms with van der Waals surface area (Å²) in [6.45, 7) is 0. The van der Waals surface area contributed by atoms with Gasteiger partial charge in [0.25, 0.3) is 0 Å². The second kappa shape index (κ2) is 10.0. The van der Waals surface area contributed by atoms with Gasteiger partial charge >= 0.3 is 5.97 Å². The number of carbonyl (C=O) groups is 2. The predicted molar refractivity (Wildman–Crippen MR) is 114 cm³/mol. The van der Waals surface area contributed by atoms with Gasteiger partial charge in [0.05, 0.1) is 25.5 Å². The Morgan fingerprint density at radius 1 is 1.38 bits per heavy atom. The van der Waals surface area contributed by atoms with Crippen LogP contribution < -0.4 is 20.5 Å². The fraction of sp³-hybridized carbons (Fsp3) is 0.316. The molecule has 0 aliphatic heterocycles.